The molecule has 0 aromatic heterocycles. The molecule has 4 heterocycles. The molecular weight excluding hydrogens is 576 g/mol. The number of hydrogen-bond donors (Lipinski definition) is 7. The van der Waals surface area contributed by atoms with Gasteiger partial charge in [0.1, 0.15) is 48.3 Å². The number of carbonyl (C=O) groups excluding carboxylic acids is 1. The molecule has 1 aromatic rings. The summed E-state index contributed by atoms with van der Waals surface area (Å²) in [6.07, 6.45) is -14.0. The fourth-order valence-electron chi connectivity index (χ4n) is 6.48. The second-order valence-corrected chi connectivity index (χ2v) is 11.4. The van der Waals surface area contributed by atoms with Crippen LogP contribution in [0.5, 0.6) is 0 Å². The van der Waals surface area contributed by atoms with Crippen LogP contribution < -0.4 is 0 Å². The van der Waals surface area contributed by atoms with Crippen LogP contribution in [0.3, 0.4) is 0 Å². The molecule has 0 unspecified atom stereocenters. The monoisotopic (exact) mass is 612 g/mol. The van der Waals surface area contributed by atoms with Gasteiger partial charge in [-0.1, -0.05) is 18.2 Å². The standard InChI is InChI=1S/C28H36O15/c1-11-16(31)22(40-24(36)12-5-3-2-4-6-12)20(35)27(38-11)41-21-13-7-8-37-25(15(13)28(10-30)23(21)43-28)42-26-19(34)18(33)17(32)14(9-29)39-26/h2-8,11,13-23,25-27,29-35H,9-10H2,1H3/t11-,13+,14+,15+,16-,17+,18-,19+,20-,21-,22+,23-,25-,26-,27-,28+/m0/s1. The maximum Gasteiger partial charge on any atom is 0.338 e. The van der Waals surface area contributed by atoms with Crippen LogP contribution in [0.15, 0.2) is 42.7 Å². The molecule has 1 aromatic carbocycles. The summed E-state index contributed by atoms with van der Waals surface area (Å²) in [5, 5.41) is 72.4. The van der Waals surface area contributed by atoms with Gasteiger partial charge in [-0.3, -0.25) is 0 Å². The molecule has 0 spiro atoms. The highest BCUT2D eigenvalue weighted by Gasteiger charge is 2.77. The van der Waals surface area contributed by atoms with Crippen molar-refractivity contribution in [2.24, 2.45) is 11.8 Å². The Kier molecular flexibility index (Phi) is 8.53. The summed E-state index contributed by atoms with van der Waals surface area (Å²) in [6.45, 7) is 0.422. The quantitative estimate of drug-likeness (QED) is 0.116. The molecule has 16 atom stereocenters. The summed E-state index contributed by atoms with van der Waals surface area (Å²) in [4.78, 5) is 12.7. The molecule has 15 heteroatoms. The predicted molar refractivity (Wildman–Crippen MR) is 137 cm³/mol. The van der Waals surface area contributed by atoms with Crippen LogP contribution in [-0.2, 0) is 33.2 Å². The summed E-state index contributed by atoms with van der Waals surface area (Å²) in [5.41, 5.74) is -0.975. The maximum absolute atomic E-state index is 12.7. The van der Waals surface area contributed by atoms with E-state index in [4.69, 9.17) is 33.2 Å². The minimum atomic E-state index is -1.69. The van der Waals surface area contributed by atoms with Crippen LogP contribution in [0.4, 0.5) is 0 Å². The van der Waals surface area contributed by atoms with E-state index in [-0.39, 0.29) is 5.56 Å². The fraction of sp³-hybridized carbons (Fsp3) is 0.679. The first-order valence-corrected chi connectivity index (χ1v) is 14.1. The van der Waals surface area contributed by atoms with Crippen molar-refractivity contribution < 1.29 is 73.7 Å². The van der Waals surface area contributed by atoms with E-state index in [1.807, 2.05) is 0 Å². The van der Waals surface area contributed by atoms with E-state index in [1.165, 1.54) is 25.3 Å². The zero-order valence-electron chi connectivity index (χ0n) is 23.0. The van der Waals surface area contributed by atoms with Crippen LogP contribution >= 0.6 is 0 Å². The molecule has 4 aliphatic heterocycles. The van der Waals surface area contributed by atoms with E-state index < -0.39 is 117 Å². The van der Waals surface area contributed by atoms with Crippen molar-refractivity contribution in [3.8, 4) is 0 Å². The number of ether oxygens (including phenoxy) is 7. The minimum absolute atomic E-state index is 0.231. The Morgan fingerprint density at radius 3 is 2.28 bits per heavy atom. The first-order chi connectivity index (χ1) is 20.6. The van der Waals surface area contributed by atoms with E-state index in [2.05, 4.69) is 0 Å². The molecule has 6 rings (SSSR count). The summed E-state index contributed by atoms with van der Waals surface area (Å²) in [5.74, 6) is -2.03. The summed E-state index contributed by atoms with van der Waals surface area (Å²) < 4.78 is 40.4. The van der Waals surface area contributed by atoms with Crippen LogP contribution in [0, 0.1) is 11.8 Å². The SMILES string of the molecule is C[C@@H]1O[C@@H](O[C@H]2[C@@H]3C=CO[C@@H](O[C@@H]4O[C@H](CO)[C@@H](O)[C@H](O)[C@H]4O)[C@@H]3[C@@]3(CO)O[C@@H]23)[C@@H](O)[C@H](OC(=O)c2ccccc2)[C@H]1O. The first kappa shape index (κ1) is 30.8. The van der Waals surface area contributed by atoms with E-state index in [0.29, 0.717) is 0 Å². The lowest BCUT2D eigenvalue weighted by molar-refractivity contribution is -0.346. The Morgan fingerprint density at radius 1 is 0.860 bits per heavy atom. The number of epoxide rings is 1. The van der Waals surface area contributed by atoms with Gasteiger partial charge in [0.05, 0.1) is 43.2 Å². The van der Waals surface area contributed by atoms with Crippen LogP contribution in [0.25, 0.3) is 0 Å². The van der Waals surface area contributed by atoms with Gasteiger partial charge in [0.25, 0.3) is 0 Å². The smallest absolute Gasteiger partial charge is 0.338 e. The second-order valence-electron chi connectivity index (χ2n) is 11.4. The molecule has 4 fully saturated rings. The first-order valence-electron chi connectivity index (χ1n) is 14.1. The number of benzene rings is 1. The third kappa shape index (κ3) is 5.26. The minimum Gasteiger partial charge on any atom is -0.472 e. The highest BCUT2D eigenvalue weighted by atomic mass is 16.8. The van der Waals surface area contributed by atoms with E-state index in [9.17, 15) is 40.5 Å². The Balaban J connectivity index is 1.18. The molecule has 238 valence electrons. The Labute approximate surface area is 245 Å². The van der Waals surface area contributed by atoms with E-state index in [0.717, 1.165) is 0 Å². The fourth-order valence-corrected chi connectivity index (χ4v) is 6.48. The number of hydrogen-bond acceptors (Lipinski definition) is 15. The third-order valence-electron chi connectivity index (χ3n) is 8.92. The molecule has 0 radical (unpaired) electrons. The van der Waals surface area contributed by atoms with Crippen molar-refractivity contribution in [1.29, 1.82) is 0 Å². The van der Waals surface area contributed by atoms with Gasteiger partial charge in [0.15, 0.2) is 18.7 Å². The van der Waals surface area contributed by atoms with Crippen molar-refractivity contribution >= 4 is 5.97 Å². The number of rotatable bonds is 8. The van der Waals surface area contributed by atoms with Gasteiger partial charge in [-0.25, -0.2) is 4.79 Å². The molecule has 0 bridgehead atoms. The lowest BCUT2D eigenvalue weighted by Gasteiger charge is -2.44. The predicted octanol–water partition coefficient (Wildman–Crippen LogP) is -2.87. The second kappa shape index (κ2) is 11.9. The average Bonchev–Trinajstić information content (AvgIpc) is 3.69. The molecule has 5 aliphatic rings. The third-order valence-corrected chi connectivity index (χ3v) is 8.92. The lowest BCUT2D eigenvalue weighted by Crippen LogP contribution is -2.61. The molecule has 1 saturated carbocycles. The summed E-state index contributed by atoms with van der Waals surface area (Å²) >= 11 is 0. The molecule has 15 nitrogen and oxygen atoms in total. The van der Waals surface area contributed by atoms with Gasteiger partial charge in [0.2, 0.25) is 6.29 Å². The summed E-state index contributed by atoms with van der Waals surface area (Å²) in [7, 11) is 0. The van der Waals surface area contributed by atoms with Gasteiger partial charge in [0, 0.05) is 5.92 Å². The van der Waals surface area contributed by atoms with Crippen molar-refractivity contribution in [3.63, 3.8) is 0 Å². The van der Waals surface area contributed by atoms with E-state index in [1.54, 1.807) is 24.3 Å². The molecule has 43 heavy (non-hydrogen) atoms. The highest BCUT2D eigenvalue weighted by molar-refractivity contribution is 5.89. The Hall–Kier alpha value is -2.25. The number of esters is 1. The van der Waals surface area contributed by atoms with Crippen molar-refractivity contribution in [1.82, 2.24) is 0 Å². The highest BCUT2D eigenvalue weighted by Crippen LogP contribution is 2.61. The zero-order chi connectivity index (χ0) is 30.6. The normalized spacial score (nSPS) is 48.6. The van der Waals surface area contributed by atoms with Gasteiger partial charge >= 0.3 is 5.97 Å². The number of aliphatic hydroxyl groups excluding tert-OH is 7. The topological polar surface area (TPSA) is 227 Å². The molecule has 7 N–H and O–H groups in total. The van der Waals surface area contributed by atoms with Gasteiger partial charge in [-0.05, 0) is 25.1 Å². The Morgan fingerprint density at radius 2 is 1.58 bits per heavy atom. The van der Waals surface area contributed by atoms with Crippen LogP contribution in [-0.4, -0.2) is 140 Å². The number of carbonyl (C=O) groups is 1. The van der Waals surface area contributed by atoms with E-state index >= 15 is 0 Å². The van der Waals surface area contributed by atoms with Crippen LogP contribution in [0.2, 0.25) is 0 Å². The molecule has 0 amide bonds. The Bertz CT molecular complexity index is 1170. The van der Waals surface area contributed by atoms with Crippen molar-refractivity contribution in [2.75, 3.05) is 13.2 Å². The number of fused-ring (bicyclic) bond motifs is 3. The van der Waals surface area contributed by atoms with Crippen molar-refractivity contribution in [2.45, 2.75) is 92.4 Å². The van der Waals surface area contributed by atoms with Gasteiger partial charge in [-0.15, -0.1) is 0 Å². The average molecular weight is 613 g/mol. The van der Waals surface area contributed by atoms with Crippen molar-refractivity contribution in [3.05, 3.63) is 48.2 Å². The largest absolute Gasteiger partial charge is 0.472 e. The molecule has 3 saturated heterocycles. The molecule has 1 aliphatic carbocycles. The maximum atomic E-state index is 12.7. The van der Waals surface area contributed by atoms with Gasteiger partial charge in [-0.2, -0.15) is 0 Å². The number of aliphatic hydroxyl groups is 7. The zero-order valence-corrected chi connectivity index (χ0v) is 23.0. The van der Waals surface area contributed by atoms with Crippen LogP contribution in [0.1, 0.15) is 17.3 Å². The molecular formula is C28H36O15. The van der Waals surface area contributed by atoms with Gasteiger partial charge < -0.3 is 68.9 Å². The lowest BCUT2D eigenvalue weighted by atomic mass is 9.85. The summed E-state index contributed by atoms with van der Waals surface area (Å²) in [6, 6.07) is 8.10.